The van der Waals surface area contributed by atoms with Crippen molar-refractivity contribution >= 4 is 17.2 Å². The normalized spacial score (nSPS) is 10.5. The van der Waals surface area contributed by atoms with E-state index in [4.69, 9.17) is 5.26 Å². The van der Waals surface area contributed by atoms with Gasteiger partial charge in [0.2, 0.25) is 0 Å². The van der Waals surface area contributed by atoms with Crippen molar-refractivity contribution in [3.8, 4) is 22.2 Å². The molecule has 1 N–H and O–H groups in total. The lowest BCUT2D eigenvalue weighted by molar-refractivity contribution is 0.0949. The van der Waals surface area contributed by atoms with Crippen LogP contribution in [-0.2, 0) is 6.54 Å². The molecule has 0 radical (unpaired) electrons. The lowest BCUT2D eigenvalue weighted by atomic mass is 10.1. The van der Waals surface area contributed by atoms with Crippen LogP contribution in [0.3, 0.4) is 0 Å². The molecule has 152 valence electrons. The fourth-order valence-electron chi connectivity index (χ4n) is 3.35. The Hall–Kier alpha value is -3.95. The van der Waals surface area contributed by atoms with E-state index in [0.29, 0.717) is 23.5 Å². The first-order valence-electron chi connectivity index (χ1n) is 9.71. The van der Waals surface area contributed by atoms with E-state index < -0.39 is 11.5 Å². The number of rotatable bonds is 5. The number of nitrogens with one attached hydrogen (secondary N) is 1. The molecule has 0 fully saturated rings. The average molecular weight is 426 g/mol. The maximum Gasteiger partial charge on any atom is 0.268 e. The largest absolute Gasteiger partial charge is 0.348 e. The Labute approximate surface area is 183 Å². The molecule has 6 heteroatoms. The van der Waals surface area contributed by atoms with Gasteiger partial charge in [0.05, 0.1) is 17.3 Å². The number of amides is 1. The Morgan fingerprint density at radius 1 is 1.06 bits per heavy atom. The van der Waals surface area contributed by atoms with Crippen molar-refractivity contribution in [1.82, 2.24) is 9.88 Å². The number of carbonyl (C=O) groups excluding carboxylic acids is 1. The Balaban J connectivity index is 1.54. The van der Waals surface area contributed by atoms with Crippen LogP contribution in [0.2, 0.25) is 0 Å². The Bertz CT molecular complexity index is 1330. The predicted octanol–water partition coefficient (Wildman–Crippen LogP) is 4.68. The number of carbonyl (C=O) groups is 1. The summed E-state index contributed by atoms with van der Waals surface area (Å²) < 4.78 is 1.45. The van der Waals surface area contributed by atoms with Crippen molar-refractivity contribution in [3.63, 3.8) is 0 Å². The van der Waals surface area contributed by atoms with Crippen molar-refractivity contribution in [2.45, 2.75) is 13.5 Å². The molecule has 0 atom stereocenters. The second-order valence-corrected chi connectivity index (χ2v) is 8.00. The second-order valence-electron chi connectivity index (χ2n) is 7.05. The van der Waals surface area contributed by atoms with Crippen LogP contribution < -0.4 is 10.9 Å². The third-order valence-corrected chi connectivity index (χ3v) is 5.89. The van der Waals surface area contributed by atoms with Crippen LogP contribution in [0, 0.1) is 18.3 Å². The third-order valence-electron chi connectivity index (χ3n) is 4.97. The summed E-state index contributed by atoms with van der Waals surface area (Å²) in [6, 6.07) is 24.2. The molecule has 31 heavy (non-hydrogen) atoms. The van der Waals surface area contributed by atoms with Crippen molar-refractivity contribution in [2.75, 3.05) is 0 Å². The minimum absolute atomic E-state index is 0.0585. The van der Waals surface area contributed by atoms with Crippen LogP contribution in [0.4, 0.5) is 0 Å². The highest BCUT2D eigenvalue weighted by Gasteiger charge is 2.15. The SMILES string of the molecule is Cc1ccc(C(=O)NCc2ccc(-c3cccs3)cc2)c(=O)n1-c1cccc(C#N)c1. The van der Waals surface area contributed by atoms with Crippen molar-refractivity contribution < 1.29 is 4.79 Å². The van der Waals surface area contributed by atoms with Gasteiger partial charge in [-0.05, 0) is 59.8 Å². The molecule has 2 aromatic heterocycles. The maximum absolute atomic E-state index is 13.0. The van der Waals surface area contributed by atoms with Gasteiger partial charge in [0.15, 0.2) is 0 Å². The molecule has 0 unspecified atom stereocenters. The van der Waals surface area contributed by atoms with Crippen LogP contribution in [0.5, 0.6) is 0 Å². The minimum atomic E-state index is -0.433. The van der Waals surface area contributed by atoms with Gasteiger partial charge in [-0.1, -0.05) is 36.4 Å². The molecule has 2 heterocycles. The lowest BCUT2D eigenvalue weighted by Gasteiger charge is -2.12. The van der Waals surface area contributed by atoms with Crippen molar-refractivity contribution in [2.24, 2.45) is 0 Å². The first kappa shape index (κ1) is 20.3. The van der Waals surface area contributed by atoms with Crippen LogP contribution in [0.25, 0.3) is 16.1 Å². The number of thiophene rings is 1. The molecular formula is C25H19N3O2S. The van der Waals surface area contributed by atoms with Crippen LogP contribution in [0.15, 0.2) is 83.0 Å². The first-order chi connectivity index (χ1) is 15.1. The maximum atomic E-state index is 13.0. The van der Waals surface area contributed by atoms with E-state index in [2.05, 4.69) is 17.5 Å². The second kappa shape index (κ2) is 8.82. The molecule has 0 aliphatic heterocycles. The van der Waals surface area contributed by atoms with Crippen LogP contribution >= 0.6 is 11.3 Å². The van der Waals surface area contributed by atoms with Crippen LogP contribution in [-0.4, -0.2) is 10.5 Å². The van der Waals surface area contributed by atoms with Gasteiger partial charge in [0, 0.05) is 17.1 Å². The summed E-state index contributed by atoms with van der Waals surface area (Å²) in [5, 5.41) is 14.0. The molecule has 0 saturated carbocycles. The molecule has 0 bridgehead atoms. The molecule has 4 aromatic rings. The van der Waals surface area contributed by atoms with E-state index in [9.17, 15) is 9.59 Å². The number of aryl methyl sites for hydroxylation is 1. The standard InChI is InChI=1S/C25H19N3O2S/c1-17-7-12-22(25(30)28(17)21-5-2-4-19(14-21)15-26)24(29)27-16-18-8-10-20(11-9-18)23-6-3-13-31-23/h2-14H,16H2,1H3,(H,27,29). The van der Waals surface area contributed by atoms with Crippen molar-refractivity contribution in [1.29, 1.82) is 5.26 Å². The molecule has 0 aliphatic carbocycles. The van der Waals surface area contributed by atoms with Gasteiger partial charge in [0.1, 0.15) is 5.56 Å². The van der Waals surface area contributed by atoms with Gasteiger partial charge >= 0.3 is 0 Å². The molecule has 5 nitrogen and oxygen atoms in total. The summed E-state index contributed by atoms with van der Waals surface area (Å²) in [6.07, 6.45) is 0. The monoisotopic (exact) mass is 425 g/mol. The highest BCUT2D eigenvalue weighted by molar-refractivity contribution is 7.13. The van der Waals surface area contributed by atoms with Crippen LogP contribution in [0.1, 0.15) is 27.2 Å². The number of benzene rings is 2. The Kier molecular flexibility index (Phi) is 5.78. The highest BCUT2D eigenvalue weighted by Crippen LogP contribution is 2.24. The Morgan fingerprint density at radius 3 is 2.58 bits per heavy atom. The minimum Gasteiger partial charge on any atom is -0.348 e. The number of aromatic nitrogens is 1. The average Bonchev–Trinajstić information content (AvgIpc) is 3.33. The zero-order valence-corrected chi connectivity index (χ0v) is 17.6. The number of pyridine rings is 1. The zero-order valence-electron chi connectivity index (χ0n) is 16.8. The summed E-state index contributed by atoms with van der Waals surface area (Å²) in [6.45, 7) is 2.11. The van der Waals surface area contributed by atoms with Gasteiger partial charge in [-0.15, -0.1) is 11.3 Å². The highest BCUT2D eigenvalue weighted by atomic mass is 32.1. The molecule has 0 saturated heterocycles. The summed E-state index contributed by atoms with van der Waals surface area (Å²) in [4.78, 5) is 27.0. The molecule has 1 amide bonds. The topological polar surface area (TPSA) is 74.9 Å². The van der Waals surface area contributed by atoms with Gasteiger partial charge in [-0.25, -0.2) is 0 Å². The van der Waals surface area contributed by atoms with E-state index in [1.54, 1.807) is 48.6 Å². The van der Waals surface area contributed by atoms with Gasteiger partial charge in [-0.2, -0.15) is 5.26 Å². The summed E-state index contributed by atoms with van der Waals surface area (Å²) in [5.74, 6) is -0.433. The summed E-state index contributed by atoms with van der Waals surface area (Å²) in [7, 11) is 0. The van der Waals surface area contributed by atoms with E-state index in [1.165, 1.54) is 15.5 Å². The van der Waals surface area contributed by atoms with E-state index in [-0.39, 0.29) is 5.56 Å². The fraction of sp³-hybridized carbons (Fsp3) is 0.0800. The van der Waals surface area contributed by atoms with Gasteiger partial charge in [-0.3, -0.25) is 14.2 Å². The number of hydrogen-bond acceptors (Lipinski definition) is 4. The van der Waals surface area contributed by atoms with E-state index in [1.807, 2.05) is 35.7 Å². The quantitative estimate of drug-likeness (QED) is 0.505. The summed E-state index contributed by atoms with van der Waals surface area (Å²) in [5.41, 5.74) is 3.41. The Morgan fingerprint density at radius 2 is 1.87 bits per heavy atom. The van der Waals surface area contributed by atoms with Gasteiger partial charge < -0.3 is 5.32 Å². The molecule has 0 spiro atoms. The van der Waals surface area contributed by atoms with Gasteiger partial charge in [0.25, 0.3) is 11.5 Å². The first-order valence-corrected chi connectivity index (χ1v) is 10.6. The zero-order chi connectivity index (χ0) is 21.8. The third kappa shape index (κ3) is 4.32. The molecular weight excluding hydrogens is 406 g/mol. The summed E-state index contributed by atoms with van der Waals surface area (Å²) >= 11 is 1.68. The fourth-order valence-corrected chi connectivity index (χ4v) is 4.08. The van der Waals surface area contributed by atoms with Crippen molar-refractivity contribution in [3.05, 3.63) is 111 Å². The number of nitriles is 1. The molecule has 4 rings (SSSR count). The molecule has 0 aliphatic rings. The van der Waals surface area contributed by atoms with E-state index in [0.717, 1.165) is 11.1 Å². The predicted molar refractivity (Wildman–Crippen MR) is 122 cm³/mol. The number of hydrogen-bond donors (Lipinski definition) is 1. The molecule has 2 aromatic carbocycles. The lowest BCUT2D eigenvalue weighted by Crippen LogP contribution is -2.33. The smallest absolute Gasteiger partial charge is 0.268 e. The van der Waals surface area contributed by atoms with E-state index >= 15 is 0 Å². The number of nitrogens with zero attached hydrogens (tertiary/aromatic N) is 2.